The van der Waals surface area contributed by atoms with E-state index in [1.807, 2.05) is 6.92 Å². The maximum atomic E-state index is 11.2. The minimum absolute atomic E-state index is 0. The molecule has 0 saturated heterocycles. The van der Waals surface area contributed by atoms with Crippen molar-refractivity contribution in [1.82, 2.24) is 0 Å². The zero-order valence-electron chi connectivity index (χ0n) is 9.19. The van der Waals surface area contributed by atoms with Crippen LogP contribution in [0.3, 0.4) is 0 Å². The average molecular weight is 292 g/mol. The molecule has 4 heteroatoms. The third-order valence-corrected chi connectivity index (χ3v) is 2.40. The van der Waals surface area contributed by atoms with Gasteiger partial charge in [0.25, 0.3) is 6.29 Å². The van der Waals surface area contributed by atoms with Crippen LogP contribution in [0.4, 0.5) is 0 Å². The fourth-order valence-electron chi connectivity index (χ4n) is 1.30. The molecule has 0 fully saturated rings. The molecule has 1 unspecified atom stereocenters. The first-order chi connectivity index (χ1) is 7.18. The fraction of sp³-hybridized carbons (Fsp3) is 0.250. The molecule has 0 spiro atoms. The quantitative estimate of drug-likeness (QED) is 0.618. The summed E-state index contributed by atoms with van der Waals surface area (Å²) in [5.74, 6) is 0.362. The van der Waals surface area contributed by atoms with E-state index in [2.05, 4.69) is 6.07 Å². The number of esters is 1. The van der Waals surface area contributed by atoms with E-state index in [1.165, 1.54) is 0 Å². The van der Waals surface area contributed by atoms with Crippen LogP contribution in [-0.4, -0.2) is 12.3 Å². The smallest absolute Gasteiger partial charge is 0.337 e. The number of hydrogen-bond acceptors (Lipinski definition) is 3. The minimum Gasteiger partial charge on any atom is -0.477 e. The predicted molar refractivity (Wildman–Crippen MR) is 54.2 cm³/mol. The summed E-state index contributed by atoms with van der Waals surface area (Å²) in [7, 11) is 0. The Morgan fingerprint density at radius 2 is 1.94 bits per heavy atom. The maximum Gasteiger partial charge on any atom is 0.337 e. The number of cyclic esters (lactones) is 1. The fourth-order valence-corrected chi connectivity index (χ4v) is 1.30. The molecule has 1 radical (unpaired) electrons. The van der Waals surface area contributed by atoms with Crippen molar-refractivity contribution >= 4 is 5.97 Å². The van der Waals surface area contributed by atoms with Gasteiger partial charge >= 0.3 is 5.97 Å². The van der Waals surface area contributed by atoms with E-state index < -0.39 is 6.29 Å². The van der Waals surface area contributed by atoms with Crippen molar-refractivity contribution in [2.45, 2.75) is 20.1 Å². The van der Waals surface area contributed by atoms with Crippen LogP contribution < -0.4 is 4.74 Å². The molecule has 81 valence electrons. The second-order valence-corrected chi connectivity index (χ2v) is 3.40. The minimum atomic E-state index is -0.583. The first-order valence-corrected chi connectivity index (χ1v) is 4.69. The van der Waals surface area contributed by atoms with Crippen molar-refractivity contribution in [3.05, 3.63) is 41.5 Å². The normalized spacial score (nSPS) is 19.1. The molecular weight excluding hydrogens is 281 g/mol. The molecule has 1 heterocycles. The number of benzene rings is 1. The molecular formula is C12H11O3Y-. The Hall–Kier alpha value is -0.666. The number of carbonyl (C=O) groups excluding carboxylic acids is 1. The summed E-state index contributed by atoms with van der Waals surface area (Å²) in [4.78, 5) is 11.2. The summed E-state index contributed by atoms with van der Waals surface area (Å²) in [5.41, 5.74) is 1.45. The van der Waals surface area contributed by atoms with E-state index in [0.29, 0.717) is 11.3 Å². The number of carbonyl (C=O) groups is 1. The van der Waals surface area contributed by atoms with Crippen LogP contribution in [0.15, 0.2) is 35.4 Å². The van der Waals surface area contributed by atoms with Gasteiger partial charge in [0.05, 0.1) is 0 Å². The molecule has 0 aromatic heterocycles. The Morgan fingerprint density at radius 1 is 1.31 bits per heavy atom. The molecule has 1 aliphatic heterocycles. The number of hydrogen-bond donors (Lipinski definition) is 0. The third-order valence-electron chi connectivity index (χ3n) is 2.40. The Bertz CT molecular complexity index is 412. The van der Waals surface area contributed by atoms with E-state index in [1.54, 1.807) is 31.2 Å². The molecule has 16 heavy (non-hydrogen) atoms. The number of rotatable bonds is 2. The Kier molecular flexibility index (Phi) is 4.69. The molecule has 0 bridgehead atoms. The summed E-state index contributed by atoms with van der Waals surface area (Å²) in [6.07, 6.45) is -0.583. The molecule has 1 atom stereocenters. The van der Waals surface area contributed by atoms with Crippen LogP contribution in [0.25, 0.3) is 0 Å². The Morgan fingerprint density at radius 3 is 2.44 bits per heavy atom. The zero-order chi connectivity index (χ0) is 10.8. The second kappa shape index (κ2) is 5.60. The van der Waals surface area contributed by atoms with Gasteiger partial charge in [-0.1, -0.05) is 0 Å². The maximum absolute atomic E-state index is 11.2. The number of ether oxygens (including phenoxy) is 2. The molecule has 0 saturated carbocycles. The molecule has 3 nitrogen and oxygen atoms in total. The van der Waals surface area contributed by atoms with Crippen molar-refractivity contribution < 1.29 is 47.0 Å². The molecule has 2 rings (SSSR count). The molecule has 0 N–H and O–H groups in total. The molecule has 1 aliphatic rings. The van der Waals surface area contributed by atoms with Gasteiger partial charge in [0.2, 0.25) is 0 Å². The van der Waals surface area contributed by atoms with Crippen LogP contribution >= 0.6 is 0 Å². The predicted octanol–water partition coefficient (Wildman–Crippen LogP) is 2.08. The van der Waals surface area contributed by atoms with Crippen LogP contribution in [0, 0.1) is 6.07 Å². The van der Waals surface area contributed by atoms with Crippen LogP contribution in [0.5, 0.6) is 5.75 Å². The topological polar surface area (TPSA) is 35.5 Å². The van der Waals surface area contributed by atoms with Crippen LogP contribution in [0.1, 0.15) is 13.8 Å². The first kappa shape index (κ1) is 13.4. The van der Waals surface area contributed by atoms with Crippen LogP contribution in [0.2, 0.25) is 0 Å². The largest absolute Gasteiger partial charge is 0.477 e. The van der Waals surface area contributed by atoms with Gasteiger partial charge < -0.3 is 9.47 Å². The average Bonchev–Trinajstić information content (AvgIpc) is 2.48. The van der Waals surface area contributed by atoms with Crippen molar-refractivity contribution in [1.29, 1.82) is 0 Å². The SMILES string of the molecule is CC1=C(C)C(Oc2cc[c-]cc2)OC1=O.[Y]. The van der Waals surface area contributed by atoms with E-state index in [9.17, 15) is 4.79 Å². The van der Waals surface area contributed by atoms with Gasteiger partial charge in [0.15, 0.2) is 0 Å². The van der Waals surface area contributed by atoms with Gasteiger partial charge in [0.1, 0.15) is 0 Å². The third kappa shape index (κ3) is 2.71. The van der Waals surface area contributed by atoms with E-state index in [0.717, 1.165) is 5.57 Å². The van der Waals surface area contributed by atoms with Crippen molar-refractivity contribution in [2.75, 3.05) is 0 Å². The van der Waals surface area contributed by atoms with E-state index in [-0.39, 0.29) is 38.7 Å². The van der Waals surface area contributed by atoms with Gasteiger partial charge in [-0.05, 0) is 13.8 Å². The van der Waals surface area contributed by atoms with Crippen molar-refractivity contribution in [3.63, 3.8) is 0 Å². The van der Waals surface area contributed by atoms with E-state index in [4.69, 9.17) is 9.47 Å². The first-order valence-electron chi connectivity index (χ1n) is 4.69. The second-order valence-electron chi connectivity index (χ2n) is 3.40. The summed E-state index contributed by atoms with van der Waals surface area (Å²) in [6, 6.07) is 9.93. The molecule has 1 aromatic rings. The van der Waals surface area contributed by atoms with Gasteiger partial charge in [0, 0.05) is 49.6 Å². The van der Waals surface area contributed by atoms with Crippen molar-refractivity contribution in [3.8, 4) is 5.75 Å². The van der Waals surface area contributed by atoms with Crippen molar-refractivity contribution in [2.24, 2.45) is 0 Å². The Labute approximate surface area is 120 Å². The summed E-state index contributed by atoms with van der Waals surface area (Å²) >= 11 is 0. The summed E-state index contributed by atoms with van der Waals surface area (Å²) in [6.45, 7) is 3.57. The Balaban J connectivity index is 0.00000128. The zero-order valence-corrected chi connectivity index (χ0v) is 12.0. The van der Waals surface area contributed by atoms with Gasteiger partial charge in [-0.3, -0.25) is 0 Å². The van der Waals surface area contributed by atoms with Gasteiger partial charge in [-0.2, -0.15) is 18.2 Å². The molecule has 0 amide bonds. The van der Waals surface area contributed by atoms with E-state index >= 15 is 0 Å². The monoisotopic (exact) mass is 292 g/mol. The summed E-state index contributed by atoms with van der Waals surface area (Å²) in [5, 5.41) is 0. The summed E-state index contributed by atoms with van der Waals surface area (Å²) < 4.78 is 10.6. The van der Waals surface area contributed by atoms with Gasteiger partial charge in [-0.15, -0.1) is 12.1 Å². The van der Waals surface area contributed by atoms with Gasteiger partial charge in [-0.25, -0.2) is 4.79 Å². The van der Waals surface area contributed by atoms with Crippen LogP contribution in [-0.2, 0) is 42.2 Å². The standard InChI is InChI=1S/C12H11O3.Y/c1-8-9(2)12(15-11(8)13)14-10-6-4-3-5-7-10;/h4-7,12H,1-2H3;/q-1;. The molecule has 0 aliphatic carbocycles. The molecule has 1 aromatic carbocycles.